The first-order chi connectivity index (χ1) is 11.3. The van der Waals surface area contributed by atoms with E-state index in [2.05, 4.69) is 10.3 Å². The minimum absolute atomic E-state index is 0.0787. The predicted molar refractivity (Wildman–Crippen MR) is 88.3 cm³/mol. The van der Waals surface area contributed by atoms with Gasteiger partial charge in [-0.2, -0.15) is 8.42 Å². The van der Waals surface area contributed by atoms with E-state index in [1.54, 1.807) is 19.1 Å². The predicted octanol–water partition coefficient (Wildman–Crippen LogP) is 0.201. The van der Waals surface area contributed by atoms with Crippen molar-refractivity contribution in [1.82, 2.24) is 5.32 Å². The number of nitrogens with one attached hydrogen (secondary N) is 1. The van der Waals surface area contributed by atoms with Gasteiger partial charge >= 0.3 is 0 Å². The first-order valence-electron chi connectivity index (χ1n) is 7.91. The van der Waals surface area contributed by atoms with Crippen LogP contribution in [0.25, 0.3) is 0 Å². The monoisotopic (exact) mass is 354 g/mol. The molecule has 1 aromatic carbocycles. The number of rotatable bonds is 4. The van der Waals surface area contributed by atoms with Gasteiger partial charge in [0.1, 0.15) is 12.1 Å². The summed E-state index contributed by atoms with van der Waals surface area (Å²) in [5.41, 5.74) is 0.952. The van der Waals surface area contributed by atoms with Crippen LogP contribution in [0.1, 0.15) is 18.9 Å². The van der Waals surface area contributed by atoms with E-state index in [-0.39, 0.29) is 17.5 Å². The molecule has 0 radical (unpaired) electrons. The third-order valence-corrected chi connectivity index (χ3v) is 5.93. The van der Waals surface area contributed by atoms with E-state index >= 15 is 0 Å². The van der Waals surface area contributed by atoms with Crippen LogP contribution in [0.4, 0.5) is 0 Å². The topological polar surface area (TPSA) is 108 Å². The van der Waals surface area contributed by atoms with Gasteiger partial charge in [0.05, 0.1) is 29.5 Å². The van der Waals surface area contributed by atoms with Gasteiger partial charge in [-0.1, -0.05) is 17.7 Å². The fraction of sp³-hybridized carbons (Fsp3) is 0.562. The quantitative estimate of drug-likeness (QED) is 0.667. The number of hydrogen-bond donors (Lipinski definition) is 3. The van der Waals surface area contributed by atoms with Crippen molar-refractivity contribution >= 4 is 16.0 Å². The molecule has 1 fully saturated rings. The summed E-state index contributed by atoms with van der Waals surface area (Å²) < 4.78 is 29.6. The van der Waals surface area contributed by atoms with Gasteiger partial charge in [0.25, 0.3) is 10.1 Å². The number of aliphatic hydroxyl groups excluding tert-OH is 2. The van der Waals surface area contributed by atoms with Gasteiger partial charge < -0.3 is 15.5 Å². The minimum atomic E-state index is -3.89. The van der Waals surface area contributed by atoms with Crippen molar-refractivity contribution in [3.63, 3.8) is 0 Å². The number of benzene rings is 1. The Labute approximate surface area is 141 Å². The normalized spacial score (nSPS) is 32.8. The Hall–Kier alpha value is -1.48. The SMILES string of the molecule is CC1=N[C@H]2C(O)C(O)C(COS(=O)(=O)c3ccc(C)cc3)C[C@@H]2N1. The molecular formula is C16H22N2O5S. The van der Waals surface area contributed by atoms with Crippen molar-refractivity contribution in [3.8, 4) is 0 Å². The number of fused-ring (bicyclic) bond motifs is 1. The van der Waals surface area contributed by atoms with Crippen LogP contribution in [0.5, 0.6) is 0 Å². The standard InChI is InChI=1S/C16H22N2O5S/c1-9-3-5-12(6-4-9)24(21,22)23-8-11-7-13-14(16(20)15(11)19)18-10(2)17-13/h3-6,11,13-16,19-20H,7-8H2,1-2H3,(H,17,18)/t11?,13-,14+,15?,16?/m0/s1. The number of aliphatic hydroxyl groups is 2. The maximum absolute atomic E-state index is 12.2. The minimum Gasteiger partial charge on any atom is -0.390 e. The van der Waals surface area contributed by atoms with Gasteiger partial charge in [-0.15, -0.1) is 0 Å². The molecule has 5 atom stereocenters. The molecule has 2 aliphatic rings. The van der Waals surface area contributed by atoms with Gasteiger partial charge in [0.15, 0.2) is 0 Å². The fourth-order valence-corrected chi connectivity index (χ4v) is 4.24. The van der Waals surface area contributed by atoms with E-state index < -0.39 is 34.3 Å². The summed E-state index contributed by atoms with van der Waals surface area (Å²) in [6, 6.07) is 5.86. The molecule has 1 heterocycles. The van der Waals surface area contributed by atoms with Crippen LogP contribution in [0, 0.1) is 12.8 Å². The second-order valence-electron chi connectivity index (χ2n) is 6.48. The van der Waals surface area contributed by atoms with E-state index in [4.69, 9.17) is 4.18 Å². The van der Waals surface area contributed by atoms with Gasteiger partial charge in [0.2, 0.25) is 0 Å². The molecule has 0 amide bonds. The van der Waals surface area contributed by atoms with Crippen LogP contribution in [-0.4, -0.2) is 55.4 Å². The summed E-state index contributed by atoms with van der Waals surface area (Å²) in [6.07, 6.45) is -1.63. The molecular weight excluding hydrogens is 332 g/mol. The molecule has 0 aromatic heterocycles. The molecule has 24 heavy (non-hydrogen) atoms. The number of aryl methyl sites for hydroxylation is 1. The maximum Gasteiger partial charge on any atom is 0.296 e. The van der Waals surface area contributed by atoms with Crippen LogP contribution in [0.15, 0.2) is 34.2 Å². The molecule has 8 heteroatoms. The van der Waals surface area contributed by atoms with Crippen molar-refractivity contribution in [2.75, 3.05) is 6.61 Å². The highest BCUT2D eigenvalue weighted by atomic mass is 32.2. The highest BCUT2D eigenvalue weighted by molar-refractivity contribution is 7.86. The number of aliphatic imine (C=N–C) groups is 1. The Morgan fingerprint density at radius 3 is 2.54 bits per heavy atom. The lowest BCUT2D eigenvalue weighted by molar-refractivity contribution is -0.0695. The number of hydrogen-bond acceptors (Lipinski definition) is 7. The molecule has 1 aliphatic carbocycles. The Balaban J connectivity index is 1.67. The first kappa shape index (κ1) is 17.3. The summed E-state index contributed by atoms with van der Waals surface area (Å²) in [6.45, 7) is 3.48. The lowest BCUT2D eigenvalue weighted by Crippen LogP contribution is -2.55. The fourth-order valence-electron chi connectivity index (χ4n) is 3.28. The first-order valence-corrected chi connectivity index (χ1v) is 9.32. The lowest BCUT2D eigenvalue weighted by Gasteiger charge is -2.38. The molecule has 1 saturated carbocycles. The maximum atomic E-state index is 12.2. The van der Waals surface area contributed by atoms with Gasteiger partial charge in [-0.25, -0.2) is 0 Å². The van der Waals surface area contributed by atoms with E-state index in [1.807, 2.05) is 6.92 Å². The summed E-state index contributed by atoms with van der Waals surface area (Å²) in [7, 11) is -3.89. The van der Waals surface area contributed by atoms with Crippen molar-refractivity contribution in [1.29, 1.82) is 0 Å². The van der Waals surface area contributed by atoms with Crippen molar-refractivity contribution < 1.29 is 22.8 Å². The number of amidine groups is 1. The van der Waals surface area contributed by atoms with Crippen molar-refractivity contribution in [3.05, 3.63) is 29.8 Å². The Bertz CT molecular complexity index is 731. The Morgan fingerprint density at radius 1 is 1.21 bits per heavy atom. The Morgan fingerprint density at radius 2 is 1.88 bits per heavy atom. The Kier molecular flexibility index (Phi) is 4.65. The smallest absolute Gasteiger partial charge is 0.296 e. The van der Waals surface area contributed by atoms with Gasteiger partial charge in [-0.3, -0.25) is 9.18 Å². The lowest BCUT2D eigenvalue weighted by atomic mass is 9.79. The zero-order valence-corrected chi connectivity index (χ0v) is 14.4. The molecule has 7 nitrogen and oxygen atoms in total. The van der Waals surface area contributed by atoms with Crippen molar-refractivity contribution in [2.24, 2.45) is 10.9 Å². The zero-order chi connectivity index (χ0) is 17.5. The van der Waals surface area contributed by atoms with Crippen LogP contribution >= 0.6 is 0 Å². The van der Waals surface area contributed by atoms with E-state index in [1.165, 1.54) is 12.1 Å². The molecule has 3 unspecified atom stereocenters. The van der Waals surface area contributed by atoms with Crippen molar-refractivity contribution in [2.45, 2.75) is 49.5 Å². The molecule has 0 saturated heterocycles. The average molecular weight is 354 g/mol. The zero-order valence-electron chi connectivity index (χ0n) is 13.6. The number of nitrogens with zero attached hydrogens (tertiary/aromatic N) is 1. The van der Waals surface area contributed by atoms with E-state index in [9.17, 15) is 18.6 Å². The van der Waals surface area contributed by atoms with Crippen LogP contribution in [-0.2, 0) is 14.3 Å². The molecule has 0 spiro atoms. The van der Waals surface area contributed by atoms with Gasteiger partial charge in [-0.05, 0) is 32.4 Å². The summed E-state index contributed by atoms with van der Waals surface area (Å²) in [5.74, 6) is 0.222. The second kappa shape index (κ2) is 6.44. The summed E-state index contributed by atoms with van der Waals surface area (Å²) in [4.78, 5) is 4.36. The summed E-state index contributed by atoms with van der Waals surface area (Å²) in [5, 5.41) is 23.6. The molecule has 3 N–H and O–H groups in total. The van der Waals surface area contributed by atoms with Crippen LogP contribution in [0.2, 0.25) is 0 Å². The highest BCUT2D eigenvalue weighted by Crippen LogP contribution is 2.31. The second-order valence-corrected chi connectivity index (χ2v) is 8.10. The molecule has 0 bridgehead atoms. The molecule has 1 aromatic rings. The van der Waals surface area contributed by atoms with Gasteiger partial charge in [0, 0.05) is 5.92 Å². The third kappa shape index (κ3) is 3.32. The van der Waals surface area contributed by atoms with Crippen LogP contribution < -0.4 is 5.32 Å². The van der Waals surface area contributed by atoms with Crippen LogP contribution in [0.3, 0.4) is 0 Å². The molecule has 1 aliphatic heterocycles. The molecule has 132 valence electrons. The molecule has 3 rings (SSSR count). The third-order valence-electron chi connectivity index (χ3n) is 4.64. The largest absolute Gasteiger partial charge is 0.390 e. The van der Waals surface area contributed by atoms with E-state index in [0.717, 1.165) is 5.56 Å². The van der Waals surface area contributed by atoms with E-state index in [0.29, 0.717) is 12.3 Å². The summed E-state index contributed by atoms with van der Waals surface area (Å²) >= 11 is 0. The highest BCUT2D eigenvalue weighted by Gasteiger charge is 2.46. The average Bonchev–Trinajstić information content (AvgIpc) is 2.91.